The number of hydrogen-bond acceptors (Lipinski definition) is 6. The van der Waals surface area contributed by atoms with Crippen molar-refractivity contribution in [2.24, 2.45) is 18.9 Å². The Morgan fingerprint density at radius 1 is 1.06 bits per heavy atom. The van der Waals surface area contributed by atoms with Crippen LogP contribution in [0.4, 0.5) is 4.79 Å². The number of carbonyl (C=O) groups excluding carboxylic acids is 2. The van der Waals surface area contributed by atoms with Crippen molar-refractivity contribution in [3.8, 4) is 11.5 Å². The molecular weight excluding hydrogens is 442 g/mol. The summed E-state index contributed by atoms with van der Waals surface area (Å²) in [4.78, 5) is 35.7. The normalized spacial score (nSPS) is 18.0. The Labute approximate surface area is 206 Å². The molecule has 1 amide bonds. The number of rotatable bonds is 6. The van der Waals surface area contributed by atoms with Gasteiger partial charge in [0.25, 0.3) is 0 Å². The van der Waals surface area contributed by atoms with Crippen LogP contribution in [-0.2, 0) is 24.6 Å². The number of nitrogens with zero attached hydrogens (tertiary/aromatic N) is 5. The molecule has 1 saturated heterocycles. The summed E-state index contributed by atoms with van der Waals surface area (Å²) in [5, 5.41) is 4.57. The van der Waals surface area contributed by atoms with Gasteiger partial charge in [0, 0.05) is 38.3 Å². The zero-order valence-corrected chi connectivity index (χ0v) is 21.1. The molecule has 8 heteroatoms. The van der Waals surface area contributed by atoms with Gasteiger partial charge in [-0.2, -0.15) is 0 Å². The highest BCUT2D eigenvalue weighted by atomic mass is 16.6. The molecule has 0 spiro atoms. The molecule has 4 rings (SSSR count). The van der Waals surface area contributed by atoms with E-state index in [1.54, 1.807) is 22.7 Å². The first kappa shape index (κ1) is 24.6. The summed E-state index contributed by atoms with van der Waals surface area (Å²) in [7, 11) is 1.89. The van der Waals surface area contributed by atoms with Crippen molar-refractivity contribution >= 4 is 11.9 Å². The topological polar surface area (TPSA) is 90.2 Å². The SMILES string of the molecule is CC(=O)c1cccc(C[C@H]2CN(C(=O)OC(C)(C)C)C[C@H]2Cc2nc(-c3ccccn3)nn2C)c1. The van der Waals surface area contributed by atoms with Gasteiger partial charge in [0.2, 0.25) is 0 Å². The Kier molecular flexibility index (Phi) is 7.00. The molecule has 35 heavy (non-hydrogen) atoms. The average Bonchev–Trinajstić information content (AvgIpc) is 3.37. The maximum atomic E-state index is 12.9. The number of likely N-dealkylation sites (tertiary alicyclic amines) is 1. The van der Waals surface area contributed by atoms with Gasteiger partial charge in [0.15, 0.2) is 11.6 Å². The van der Waals surface area contributed by atoms with Gasteiger partial charge >= 0.3 is 6.09 Å². The molecule has 2 atom stereocenters. The van der Waals surface area contributed by atoms with Crippen molar-refractivity contribution in [1.29, 1.82) is 0 Å². The maximum Gasteiger partial charge on any atom is 0.410 e. The van der Waals surface area contributed by atoms with Crippen molar-refractivity contribution < 1.29 is 14.3 Å². The number of aromatic nitrogens is 4. The zero-order valence-electron chi connectivity index (χ0n) is 21.1. The number of carbonyl (C=O) groups is 2. The molecule has 0 bridgehead atoms. The number of amides is 1. The van der Waals surface area contributed by atoms with Gasteiger partial charge in [0.1, 0.15) is 17.1 Å². The van der Waals surface area contributed by atoms with Crippen LogP contribution in [0.15, 0.2) is 48.7 Å². The maximum absolute atomic E-state index is 12.9. The number of ketones is 1. The van der Waals surface area contributed by atoms with Crippen LogP contribution in [0.5, 0.6) is 0 Å². The Hall–Kier alpha value is -3.55. The van der Waals surface area contributed by atoms with Crippen LogP contribution in [-0.4, -0.2) is 55.2 Å². The summed E-state index contributed by atoms with van der Waals surface area (Å²) in [5.74, 6) is 1.86. The average molecular weight is 476 g/mol. The summed E-state index contributed by atoms with van der Waals surface area (Å²) < 4.78 is 7.46. The lowest BCUT2D eigenvalue weighted by molar-refractivity contribution is 0.0283. The first-order valence-electron chi connectivity index (χ1n) is 12.0. The summed E-state index contributed by atoms with van der Waals surface area (Å²) in [6.07, 6.45) is 2.87. The van der Waals surface area contributed by atoms with E-state index in [-0.39, 0.29) is 23.7 Å². The van der Waals surface area contributed by atoms with Crippen molar-refractivity contribution in [2.75, 3.05) is 13.1 Å². The van der Waals surface area contributed by atoms with Gasteiger partial charge in [-0.1, -0.05) is 24.3 Å². The number of pyridine rings is 1. The summed E-state index contributed by atoms with van der Waals surface area (Å²) in [6, 6.07) is 13.4. The molecule has 1 fully saturated rings. The van der Waals surface area contributed by atoms with Crippen molar-refractivity contribution in [3.05, 3.63) is 65.6 Å². The van der Waals surface area contributed by atoms with E-state index in [0.29, 0.717) is 30.9 Å². The molecule has 2 aromatic heterocycles. The number of benzene rings is 1. The van der Waals surface area contributed by atoms with E-state index in [1.807, 2.05) is 70.3 Å². The van der Waals surface area contributed by atoms with Gasteiger partial charge in [-0.25, -0.2) is 9.78 Å². The van der Waals surface area contributed by atoms with Crippen LogP contribution >= 0.6 is 0 Å². The minimum atomic E-state index is -0.554. The summed E-state index contributed by atoms with van der Waals surface area (Å²) >= 11 is 0. The highest BCUT2D eigenvalue weighted by Gasteiger charge is 2.38. The second kappa shape index (κ2) is 9.98. The molecule has 8 nitrogen and oxygen atoms in total. The van der Waals surface area contributed by atoms with Gasteiger partial charge in [0.05, 0.1) is 0 Å². The van der Waals surface area contributed by atoms with Crippen LogP contribution in [0.25, 0.3) is 11.5 Å². The fourth-order valence-corrected chi connectivity index (χ4v) is 4.53. The predicted molar refractivity (Wildman–Crippen MR) is 133 cm³/mol. The lowest BCUT2D eigenvalue weighted by Crippen LogP contribution is -2.35. The lowest BCUT2D eigenvalue weighted by Gasteiger charge is -2.24. The van der Waals surface area contributed by atoms with Gasteiger partial charge < -0.3 is 9.64 Å². The van der Waals surface area contributed by atoms with E-state index in [0.717, 1.165) is 23.5 Å². The lowest BCUT2D eigenvalue weighted by atomic mass is 9.87. The third kappa shape index (κ3) is 6.12. The highest BCUT2D eigenvalue weighted by Crippen LogP contribution is 2.31. The van der Waals surface area contributed by atoms with Gasteiger partial charge in [-0.3, -0.25) is 14.5 Å². The largest absolute Gasteiger partial charge is 0.444 e. The van der Waals surface area contributed by atoms with Gasteiger partial charge in [-0.15, -0.1) is 5.10 Å². The molecule has 1 aromatic carbocycles. The Bertz CT molecular complexity index is 1200. The zero-order chi connectivity index (χ0) is 25.2. The first-order chi connectivity index (χ1) is 16.6. The van der Waals surface area contributed by atoms with Crippen LogP contribution in [0.2, 0.25) is 0 Å². The fourth-order valence-electron chi connectivity index (χ4n) is 4.53. The van der Waals surface area contributed by atoms with Gasteiger partial charge in [-0.05, 0) is 69.7 Å². The second-order valence-electron chi connectivity index (χ2n) is 10.3. The van der Waals surface area contributed by atoms with Crippen LogP contribution < -0.4 is 0 Å². The van der Waals surface area contributed by atoms with Crippen LogP contribution in [0, 0.1) is 11.8 Å². The molecular formula is C27H33N5O3. The Morgan fingerprint density at radius 3 is 2.46 bits per heavy atom. The van der Waals surface area contributed by atoms with Crippen LogP contribution in [0.1, 0.15) is 49.4 Å². The van der Waals surface area contributed by atoms with E-state index in [9.17, 15) is 9.59 Å². The molecule has 184 valence electrons. The molecule has 0 aliphatic carbocycles. The van der Waals surface area contributed by atoms with Crippen molar-refractivity contribution in [2.45, 2.75) is 46.1 Å². The van der Waals surface area contributed by atoms with Crippen molar-refractivity contribution in [1.82, 2.24) is 24.6 Å². The molecule has 0 N–H and O–H groups in total. The number of hydrogen-bond donors (Lipinski definition) is 0. The smallest absolute Gasteiger partial charge is 0.410 e. The standard InChI is InChI=1S/C27H33N5O3/c1-18(33)20-10-8-9-19(13-20)14-21-16-32(26(34)35-27(2,3)4)17-22(21)15-24-29-25(30-31(24)5)23-11-6-7-12-28-23/h6-13,21-22H,14-17H2,1-5H3/t21-,22+/m0/s1. The summed E-state index contributed by atoms with van der Waals surface area (Å²) in [5.41, 5.74) is 1.97. The van der Waals surface area contributed by atoms with Crippen molar-refractivity contribution in [3.63, 3.8) is 0 Å². The predicted octanol–water partition coefficient (Wildman–Crippen LogP) is 4.35. The highest BCUT2D eigenvalue weighted by molar-refractivity contribution is 5.94. The van der Waals surface area contributed by atoms with E-state index in [4.69, 9.17) is 9.72 Å². The monoisotopic (exact) mass is 475 g/mol. The molecule has 1 aliphatic rings. The Balaban J connectivity index is 1.57. The number of Topliss-reactive ketones (excluding diaryl/α,β-unsaturated/α-hetero) is 1. The fraction of sp³-hybridized carbons (Fsp3) is 0.444. The minimum Gasteiger partial charge on any atom is -0.444 e. The molecule has 0 radical (unpaired) electrons. The molecule has 0 unspecified atom stereocenters. The quantitative estimate of drug-likeness (QED) is 0.493. The molecule has 3 aromatic rings. The van der Waals surface area contributed by atoms with E-state index >= 15 is 0 Å². The second-order valence-corrected chi connectivity index (χ2v) is 10.3. The first-order valence-corrected chi connectivity index (χ1v) is 12.0. The third-order valence-corrected chi connectivity index (χ3v) is 6.25. The Morgan fingerprint density at radius 2 is 1.80 bits per heavy atom. The molecule has 1 aliphatic heterocycles. The van der Waals surface area contributed by atoms with Crippen LogP contribution in [0.3, 0.4) is 0 Å². The van der Waals surface area contributed by atoms with E-state index in [1.165, 1.54) is 0 Å². The summed E-state index contributed by atoms with van der Waals surface area (Å²) in [6.45, 7) is 8.38. The van der Waals surface area contributed by atoms with E-state index < -0.39 is 5.60 Å². The molecule has 3 heterocycles. The minimum absolute atomic E-state index is 0.0475. The number of aryl methyl sites for hydroxylation is 1. The number of ether oxygens (including phenoxy) is 1. The molecule has 0 saturated carbocycles. The van der Waals surface area contributed by atoms with E-state index in [2.05, 4.69) is 10.1 Å². The third-order valence-electron chi connectivity index (χ3n) is 6.25.